The van der Waals surface area contributed by atoms with Gasteiger partial charge < -0.3 is 15.7 Å². The molecule has 0 radical (unpaired) electrons. The minimum Gasteiger partial charge on any atom is -0.481 e. The van der Waals surface area contributed by atoms with E-state index in [1.807, 2.05) is 0 Å². The Kier molecular flexibility index (Phi) is 7.42. The minimum atomic E-state index is -0.873. The van der Waals surface area contributed by atoms with Gasteiger partial charge in [-0.25, -0.2) is 0 Å². The number of hydrogen-bond donors (Lipinski definition) is 2. The number of aliphatic carboxylic acids is 2. The van der Waals surface area contributed by atoms with Crippen molar-refractivity contribution >= 4 is 11.9 Å². The maximum Gasteiger partial charge on any atom is 0.303 e. The maximum absolute atomic E-state index is 10.1. The summed E-state index contributed by atoms with van der Waals surface area (Å²) >= 11 is 0. The van der Waals surface area contributed by atoms with Gasteiger partial charge in [-0.2, -0.15) is 0 Å². The molecule has 0 aliphatic heterocycles. The molecule has 0 saturated carbocycles. The summed E-state index contributed by atoms with van der Waals surface area (Å²) in [4.78, 5) is 20.1. The van der Waals surface area contributed by atoms with E-state index in [-0.39, 0.29) is 24.2 Å². The fourth-order valence-corrected chi connectivity index (χ4v) is 0.770. The predicted octanol–water partition coefficient (Wildman–Crippen LogP) is 0.137. The average Bonchev–Trinajstić information content (AvgIpc) is 1.82. The average molecular weight is 178 g/mol. The first-order valence-corrected chi connectivity index (χ1v) is 3.46. The molecular formula is C7H14O5. The van der Waals surface area contributed by atoms with E-state index in [0.717, 1.165) is 0 Å². The lowest BCUT2D eigenvalue weighted by molar-refractivity contribution is -0.140. The zero-order chi connectivity index (χ0) is 8.85. The van der Waals surface area contributed by atoms with Crippen LogP contribution >= 0.6 is 0 Å². The Hall–Kier alpha value is -1.10. The standard InChI is InChI=1S/C7H12O4.H2O/c1-5(4-7(10)11)2-3-6(8)9;/h5H,2-4H2,1H3,(H,8,9)(H,10,11);1H2/t5-;/m1./s1. The van der Waals surface area contributed by atoms with Crippen molar-refractivity contribution < 1.29 is 25.3 Å². The highest BCUT2D eigenvalue weighted by Crippen LogP contribution is 2.09. The van der Waals surface area contributed by atoms with E-state index in [1.54, 1.807) is 6.92 Å². The summed E-state index contributed by atoms with van der Waals surface area (Å²) in [5.74, 6) is -1.80. The lowest BCUT2D eigenvalue weighted by atomic mass is 10.0. The van der Waals surface area contributed by atoms with Crippen LogP contribution in [0.5, 0.6) is 0 Å². The first-order valence-electron chi connectivity index (χ1n) is 3.46. The van der Waals surface area contributed by atoms with Gasteiger partial charge in [-0.1, -0.05) is 6.92 Å². The molecule has 0 bridgehead atoms. The molecule has 5 nitrogen and oxygen atoms in total. The van der Waals surface area contributed by atoms with Crippen molar-refractivity contribution in [1.82, 2.24) is 0 Å². The van der Waals surface area contributed by atoms with Crippen molar-refractivity contribution in [1.29, 1.82) is 0 Å². The van der Waals surface area contributed by atoms with Gasteiger partial charge in [-0.15, -0.1) is 0 Å². The Morgan fingerprint density at radius 2 is 1.75 bits per heavy atom. The number of carboxylic acids is 2. The molecule has 0 rings (SSSR count). The highest BCUT2D eigenvalue weighted by molar-refractivity contribution is 5.68. The van der Waals surface area contributed by atoms with Crippen LogP contribution in [-0.2, 0) is 9.59 Å². The molecule has 0 heterocycles. The molecule has 72 valence electrons. The summed E-state index contributed by atoms with van der Waals surface area (Å²) in [6.07, 6.45) is 0.531. The molecule has 0 aromatic heterocycles. The molecule has 1 atom stereocenters. The van der Waals surface area contributed by atoms with Crippen molar-refractivity contribution in [2.24, 2.45) is 5.92 Å². The Morgan fingerprint density at radius 1 is 1.25 bits per heavy atom. The molecule has 0 amide bonds. The molecule has 0 aliphatic carbocycles. The lowest BCUT2D eigenvalue weighted by Crippen LogP contribution is -2.06. The van der Waals surface area contributed by atoms with Crippen LogP contribution in [0.4, 0.5) is 0 Å². The van der Waals surface area contributed by atoms with E-state index in [0.29, 0.717) is 6.42 Å². The molecule has 0 aromatic carbocycles. The zero-order valence-corrected chi connectivity index (χ0v) is 6.91. The van der Waals surface area contributed by atoms with Crippen molar-refractivity contribution in [3.05, 3.63) is 0 Å². The Morgan fingerprint density at radius 3 is 2.08 bits per heavy atom. The smallest absolute Gasteiger partial charge is 0.303 e. The van der Waals surface area contributed by atoms with Gasteiger partial charge in [0.25, 0.3) is 0 Å². The van der Waals surface area contributed by atoms with Crippen LogP contribution in [0.25, 0.3) is 0 Å². The van der Waals surface area contributed by atoms with E-state index >= 15 is 0 Å². The molecule has 0 spiro atoms. The fraction of sp³-hybridized carbons (Fsp3) is 0.714. The van der Waals surface area contributed by atoms with Crippen LogP contribution in [0.3, 0.4) is 0 Å². The number of carboxylic acid groups (broad SMARTS) is 2. The van der Waals surface area contributed by atoms with Crippen molar-refractivity contribution in [3.63, 3.8) is 0 Å². The summed E-state index contributed by atoms with van der Waals surface area (Å²) in [6, 6.07) is 0. The summed E-state index contributed by atoms with van der Waals surface area (Å²) in [5.41, 5.74) is 0. The van der Waals surface area contributed by atoms with Gasteiger partial charge in [0, 0.05) is 12.8 Å². The topological polar surface area (TPSA) is 106 Å². The Bertz CT molecular complexity index is 154. The van der Waals surface area contributed by atoms with Gasteiger partial charge in [0.2, 0.25) is 0 Å². The molecule has 5 heteroatoms. The van der Waals surface area contributed by atoms with Gasteiger partial charge in [0.15, 0.2) is 0 Å². The molecule has 0 saturated heterocycles. The van der Waals surface area contributed by atoms with Crippen molar-refractivity contribution in [2.75, 3.05) is 0 Å². The van der Waals surface area contributed by atoms with Crippen molar-refractivity contribution in [3.8, 4) is 0 Å². The highest BCUT2D eigenvalue weighted by atomic mass is 16.4. The van der Waals surface area contributed by atoms with E-state index < -0.39 is 11.9 Å². The van der Waals surface area contributed by atoms with Gasteiger partial charge >= 0.3 is 11.9 Å². The maximum atomic E-state index is 10.1. The third kappa shape index (κ3) is 8.90. The second-order valence-corrected chi connectivity index (χ2v) is 2.64. The zero-order valence-electron chi connectivity index (χ0n) is 6.91. The van der Waals surface area contributed by atoms with Crippen molar-refractivity contribution in [2.45, 2.75) is 26.2 Å². The Labute approximate surface area is 70.3 Å². The SMILES string of the molecule is C[C@H](CCC(=O)O)CC(=O)O.O. The molecule has 0 aromatic rings. The monoisotopic (exact) mass is 178 g/mol. The summed E-state index contributed by atoms with van der Waals surface area (Å²) < 4.78 is 0. The van der Waals surface area contributed by atoms with E-state index in [4.69, 9.17) is 10.2 Å². The van der Waals surface area contributed by atoms with Gasteiger partial charge in [-0.05, 0) is 12.3 Å². The minimum absolute atomic E-state index is 0. The van der Waals surface area contributed by atoms with Crippen LogP contribution in [0.15, 0.2) is 0 Å². The molecule has 4 N–H and O–H groups in total. The lowest BCUT2D eigenvalue weighted by Gasteiger charge is -2.04. The van der Waals surface area contributed by atoms with Crippen LogP contribution in [0.1, 0.15) is 26.2 Å². The summed E-state index contributed by atoms with van der Waals surface area (Å²) in [7, 11) is 0. The quantitative estimate of drug-likeness (QED) is 0.624. The fourth-order valence-electron chi connectivity index (χ4n) is 0.770. The highest BCUT2D eigenvalue weighted by Gasteiger charge is 2.08. The molecule has 0 aliphatic rings. The molecular weight excluding hydrogens is 164 g/mol. The van der Waals surface area contributed by atoms with Crippen LogP contribution in [-0.4, -0.2) is 27.6 Å². The largest absolute Gasteiger partial charge is 0.481 e. The third-order valence-corrected chi connectivity index (χ3v) is 1.37. The van der Waals surface area contributed by atoms with Crippen LogP contribution < -0.4 is 0 Å². The van der Waals surface area contributed by atoms with Gasteiger partial charge in [0.05, 0.1) is 0 Å². The van der Waals surface area contributed by atoms with Gasteiger partial charge in [0.1, 0.15) is 0 Å². The Balaban J connectivity index is 0. The first kappa shape index (κ1) is 13.5. The number of hydrogen-bond acceptors (Lipinski definition) is 2. The third-order valence-electron chi connectivity index (χ3n) is 1.37. The van der Waals surface area contributed by atoms with Crippen LogP contribution in [0.2, 0.25) is 0 Å². The second kappa shape index (κ2) is 6.60. The number of carbonyl (C=O) groups is 2. The second-order valence-electron chi connectivity index (χ2n) is 2.64. The van der Waals surface area contributed by atoms with E-state index in [2.05, 4.69) is 0 Å². The normalized spacial score (nSPS) is 11.4. The first-order chi connectivity index (χ1) is 5.02. The van der Waals surface area contributed by atoms with Crippen LogP contribution in [0, 0.1) is 5.92 Å². The predicted molar refractivity (Wildman–Crippen MR) is 41.9 cm³/mol. The molecule has 12 heavy (non-hydrogen) atoms. The summed E-state index contributed by atoms with van der Waals surface area (Å²) in [6.45, 7) is 1.73. The number of rotatable bonds is 5. The van der Waals surface area contributed by atoms with Gasteiger partial charge in [-0.3, -0.25) is 9.59 Å². The summed E-state index contributed by atoms with van der Waals surface area (Å²) in [5, 5.41) is 16.6. The molecule has 0 unspecified atom stereocenters. The molecule has 0 fully saturated rings. The van der Waals surface area contributed by atoms with E-state index in [1.165, 1.54) is 0 Å². The van der Waals surface area contributed by atoms with E-state index in [9.17, 15) is 9.59 Å².